The quantitative estimate of drug-likeness (QED) is 0.857. The van der Waals surface area contributed by atoms with E-state index in [1.54, 1.807) is 19.4 Å². The summed E-state index contributed by atoms with van der Waals surface area (Å²) in [6.07, 6.45) is 2.84. The standard InChI is InChI=1S/C13H11N5O/c1-15-13-10(7-14)18-12(19-13)8-3-2-4-9-11(8)17-6-5-16-9/h2-6,10,13,15H,1H3. The van der Waals surface area contributed by atoms with Gasteiger partial charge >= 0.3 is 0 Å². The third-order valence-electron chi connectivity index (χ3n) is 2.93. The highest BCUT2D eigenvalue weighted by atomic mass is 16.5. The first-order valence-corrected chi connectivity index (χ1v) is 5.85. The highest BCUT2D eigenvalue weighted by molar-refractivity contribution is 6.05. The number of ether oxygens (including phenoxy) is 1. The SMILES string of the molecule is CNC1OC(c2cccc3nccnc23)=NC1C#N. The summed E-state index contributed by atoms with van der Waals surface area (Å²) in [6, 6.07) is 7.16. The number of aliphatic imine (C=N–C) groups is 1. The molecule has 1 aliphatic rings. The molecule has 1 aliphatic heterocycles. The molecule has 6 heteroatoms. The lowest BCUT2D eigenvalue weighted by atomic mass is 10.1. The van der Waals surface area contributed by atoms with E-state index < -0.39 is 12.3 Å². The van der Waals surface area contributed by atoms with Crippen LogP contribution in [0.3, 0.4) is 0 Å². The maximum atomic E-state index is 9.04. The number of rotatable bonds is 2. The average molecular weight is 253 g/mol. The topological polar surface area (TPSA) is 83.2 Å². The van der Waals surface area contributed by atoms with Crippen molar-refractivity contribution in [2.45, 2.75) is 12.3 Å². The van der Waals surface area contributed by atoms with Gasteiger partial charge in [-0.1, -0.05) is 6.07 Å². The van der Waals surface area contributed by atoms with Crippen molar-refractivity contribution in [3.63, 3.8) is 0 Å². The summed E-state index contributed by atoms with van der Waals surface area (Å²) in [5.74, 6) is 0.428. The van der Waals surface area contributed by atoms with Crippen LogP contribution in [0.15, 0.2) is 35.6 Å². The van der Waals surface area contributed by atoms with E-state index >= 15 is 0 Å². The number of nitriles is 1. The van der Waals surface area contributed by atoms with E-state index in [1.807, 2.05) is 18.2 Å². The minimum absolute atomic E-state index is 0.424. The molecule has 0 saturated heterocycles. The third kappa shape index (κ3) is 1.90. The molecule has 6 nitrogen and oxygen atoms in total. The zero-order chi connectivity index (χ0) is 13.2. The number of benzene rings is 1. The van der Waals surface area contributed by atoms with E-state index in [4.69, 9.17) is 10.00 Å². The predicted molar refractivity (Wildman–Crippen MR) is 69.4 cm³/mol. The third-order valence-corrected chi connectivity index (χ3v) is 2.93. The Kier molecular flexibility index (Phi) is 2.82. The van der Waals surface area contributed by atoms with E-state index in [0.717, 1.165) is 16.6 Å². The molecule has 1 N–H and O–H groups in total. The van der Waals surface area contributed by atoms with Crippen LogP contribution in [0.5, 0.6) is 0 Å². The van der Waals surface area contributed by atoms with Crippen LogP contribution in [-0.4, -0.2) is 35.2 Å². The molecule has 2 heterocycles. The van der Waals surface area contributed by atoms with Gasteiger partial charge in [0.15, 0.2) is 12.3 Å². The van der Waals surface area contributed by atoms with Crippen LogP contribution in [0.25, 0.3) is 11.0 Å². The van der Waals surface area contributed by atoms with Crippen molar-refractivity contribution in [2.24, 2.45) is 4.99 Å². The molecule has 2 atom stereocenters. The van der Waals surface area contributed by atoms with Gasteiger partial charge in [-0.05, 0) is 19.2 Å². The van der Waals surface area contributed by atoms with Crippen LogP contribution < -0.4 is 5.32 Å². The lowest BCUT2D eigenvalue weighted by Crippen LogP contribution is -2.34. The van der Waals surface area contributed by atoms with Gasteiger partial charge in [0, 0.05) is 12.4 Å². The lowest BCUT2D eigenvalue weighted by molar-refractivity contribution is 0.179. The van der Waals surface area contributed by atoms with Gasteiger partial charge in [0.25, 0.3) is 0 Å². The largest absolute Gasteiger partial charge is 0.455 e. The summed E-state index contributed by atoms with van der Waals surface area (Å²) < 4.78 is 5.66. The number of nitrogens with one attached hydrogen (secondary N) is 1. The number of nitrogens with zero attached hydrogens (tertiary/aromatic N) is 4. The summed E-state index contributed by atoms with van der Waals surface area (Å²) in [6.45, 7) is 0. The van der Waals surface area contributed by atoms with Gasteiger partial charge in [0.05, 0.1) is 17.1 Å². The molecule has 0 fully saturated rings. The maximum Gasteiger partial charge on any atom is 0.221 e. The maximum absolute atomic E-state index is 9.04. The molecule has 94 valence electrons. The van der Waals surface area contributed by atoms with Crippen LogP contribution in [0, 0.1) is 11.3 Å². The summed E-state index contributed by atoms with van der Waals surface area (Å²) in [5.41, 5.74) is 2.24. The van der Waals surface area contributed by atoms with E-state index in [-0.39, 0.29) is 0 Å². The zero-order valence-electron chi connectivity index (χ0n) is 10.2. The Labute approximate surface area is 109 Å². The second kappa shape index (κ2) is 4.63. The van der Waals surface area contributed by atoms with Gasteiger partial charge in [-0.25, -0.2) is 4.99 Å². The molecule has 0 radical (unpaired) electrons. The minimum Gasteiger partial charge on any atom is -0.455 e. The minimum atomic E-state index is -0.549. The van der Waals surface area contributed by atoms with Crippen molar-refractivity contribution in [3.8, 4) is 6.07 Å². The Morgan fingerprint density at radius 1 is 1.32 bits per heavy atom. The number of para-hydroxylation sites is 1. The Morgan fingerprint density at radius 3 is 2.89 bits per heavy atom. The van der Waals surface area contributed by atoms with Crippen LogP contribution >= 0.6 is 0 Å². The highest BCUT2D eigenvalue weighted by Gasteiger charge is 2.31. The molecular weight excluding hydrogens is 242 g/mol. The van der Waals surface area contributed by atoms with Crippen molar-refractivity contribution in [1.82, 2.24) is 15.3 Å². The Balaban J connectivity index is 2.09. The molecule has 0 saturated carbocycles. The van der Waals surface area contributed by atoms with E-state index in [0.29, 0.717) is 5.90 Å². The smallest absolute Gasteiger partial charge is 0.221 e. The first kappa shape index (κ1) is 11.6. The molecular formula is C13H11N5O. The summed E-state index contributed by atoms with van der Waals surface area (Å²) >= 11 is 0. The van der Waals surface area contributed by atoms with Gasteiger partial charge in [0.2, 0.25) is 5.90 Å². The molecule has 0 bridgehead atoms. The monoisotopic (exact) mass is 253 g/mol. The molecule has 1 aromatic carbocycles. The normalized spacial score (nSPS) is 21.8. The highest BCUT2D eigenvalue weighted by Crippen LogP contribution is 2.21. The second-order valence-corrected chi connectivity index (χ2v) is 4.06. The number of fused-ring (bicyclic) bond motifs is 1. The number of hydrogen-bond acceptors (Lipinski definition) is 6. The van der Waals surface area contributed by atoms with E-state index in [9.17, 15) is 0 Å². The zero-order valence-corrected chi connectivity index (χ0v) is 10.2. The summed E-state index contributed by atoms with van der Waals surface area (Å²) in [7, 11) is 1.73. The van der Waals surface area contributed by atoms with Gasteiger partial charge in [-0.15, -0.1) is 0 Å². The van der Waals surface area contributed by atoms with E-state index in [2.05, 4.69) is 26.3 Å². The average Bonchev–Trinajstić information content (AvgIpc) is 2.89. The van der Waals surface area contributed by atoms with Crippen LogP contribution in [0.4, 0.5) is 0 Å². The van der Waals surface area contributed by atoms with Crippen LogP contribution in [0.1, 0.15) is 5.56 Å². The summed E-state index contributed by atoms with van der Waals surface area (Å²) in [4.78, 5) is 12.8. The van der Waals surface area contributed by atoms with Gasteiger partial charge in [-0.2, -0.15) is 5.26 Å². The van der Waals surface area contributed by atoms with Crippen molar-refractivity contribution in [2.75, 3.05) is 7.05 Å². The van der Waals surface area contributed by atoms with Gasteiger partial charge in [0.1, 0.15) is 5.52 Å². The fourth-order valence-electron chi connectivity index (χ4n) is 2.02. The number of aromatic nitrogens is 2. The van der Waals surface area contributed by atoms with E-state index in [1.165, 1.54) is 0 Å². The first-order chi connectivity index (χ1) is 9.33. The summed E-state index contributed by atoms with van der Waals surface area (Å²) in [5, 5.41) is 12.0. The Morgan fingerprint density at radius 2 is 2.16 bits per heavy atom. The van der Waals surface area contributed by atoms with Crippen molar-refractivity contribution in [1.29, 1.82) is 5.26 Å². The number of hydrogen-bond donors (Lipinski definition) is 1. The first-order valence-electron chi connectivity index (χ1n) is 5.85. The van der Waals surface area contributed by atoms with Crippen molar-refractivity contribution in [3.05, 3.63) is 36.2 Å². The molecule has 3 rings (SSSR count). The van der Waals surface area contributed by atoms with Gasteiger partial charge < -0.3 is 4.74 Å². The van der Waals surface area contributed by atoms with Crippen LogP contribution in [0.2, 0.25) is 0 Å². The molecule has 2 unspecified atom stereocenters. The molecule has 0 spiro atoms. The molecule has 1 aromatic heterocycles. The molecule has 0 aliphatic carbocycles. The lowest BCUT2D eigenvalue weighted by Gasteiger charge is -2.12. The van der Waals surface area contributed by atoms with Gasteiger partial charge in [-0.3, -0.25) is 15.3 Å². The Hall–Kier alpha value is -2.52. The second-order valence-electron chi connectivity index (χ2n) is 4.06. The Bertz CT molecular complexity index is 685. The molecule has 19 heavy (non-hydrogen) atoms. The van der Waals surface area contributed by atoms with Crippen LogP contribution in [-0.2, 0) is 4.74 Å². The fourth-order valence-corrected chi connectivity index (χ4v) is 2.02. The molecule has 2 aromatic rings. The van der Waals surface area contributed by atoms with Crippen molar-refractivity contribution < 1.29 is 4.74 Å². The van der Waals surface area contributed by atoms with Crippen molar-refractivity contribution >= 4 is 16.9 Å². The predicted octanol–water partition coefficient (Wildman–Crippen LogP) is 0.844. The number of likely N-dealkylation sites (N-methyl/N-ethyl adjacent to an activating group) is 1. The fraction of sp³-hybridized carbons (Fsp3) is 0.231. The molecule has 0 amide bonds.